The molecule has 0 aliphatic carbocycles. The zero-order valence-electron chi connectivity index (χ0n) is 12.0. The molecule has 20 heavy (non-hydrogen) atoms. The summed E-state index contributed by atoms with van der Waals surface area (Å²) in [6, 6.07) is 5.42. The molecular formula is C15H22ClFN2O. The van der Waals surface area contributed by atoms with Crippen LogP contribution in [0.2, 0.25) is 5.02 Å². The van der Waals surface area contributed by atoms with E-state index in [9.17, 15) is 4.39 Å². The molecule has 0 amide bonds. The SMILES string of the molecule is CC(C)NCC1COCCN1Cc1cc(Cl)ccc1F. The summed E-state index contributed by atoms with van der Waals surface area (Å²) >= 11 is 5.95. The number of hydrogen-bond donors (Lipinski definition) is 1. The van der Waals surface area contributed by atoms with Gasteiger partial charge >= 0.3 is 0 Å². The lowest BCUT2D eigenvalue weighted by Gasteiger charge is -2.36. The third-order valence-corrected chi connectivity index (χ3v) is 3.73. The van der Waals surface area contributed by atoms with Crippen molar-refractivity contribution >= 4 is 11.6 Å². The van der Waals surface area contributed by atoms with E-state index in [1.807, 2.05) is 0 Å². The normalized spacial score (nSPS) is 20.6. The van der Waals surface area contributed by atoms with Crippen molar-refractivity contribution in [2.75, 3.05) is 26.3 Å². The fourth-order valence-electron chi connectivity index (χ4n) is 2.34. The fourth-order valence-corrected chi connectivity index (χ4v) is 2.54. The average molecular weight is 301 g/mol. The Morgan fingerprint density at radius 2 is 2.30 bits per heavy atom. The summed E-state index contributed by atoms with van der Waals surface area (Å²) in [5.74, 6) is -0.198. The van der Waals surface area contributed by atoms with Crippen molar-refractivity contribution in [3.63, 3.8) is 0 Å². The van der Waals surface area contributed by atoms with Crippen LogP contribution in [0, 0.1) is 5.82 Å². The van der Waals surface area contributed by atoms with Gasteiger partial charge in [-0.15, -0.1) is 0 Å². The highest BCUT2D eigenvalue weighted by molar-refractivity contribution is 6.30. The third-order valence-electron chi connectivity index (χ3n) is 3.49. The first-order chi connectivity index (χ1) is 9.56. The topological polar surface area (TPSA) is 24.5 Å². The lowest BCUT2D eigenvalue weighted by molar-refractivity contribution is -0.0119. The standard InChI is InChI=1S/C15H22ClFN2O/c1-11(2)18-8-14-10-20-6-5-19(14)9-12-7-13(16)3-4-15(12)17/h3-4,7,11,14,18H,5-6,8-10H2,1-2H3. The summed E-state index contributed by atoms with van der Waals surface area (Å²) in [6.45, 7) is 7.84. The van der Waals surface area contributed by atoms with Crippen molar-refractivity contribution in [3.05, 3.63) is 34.6 Å². The zero-order valence-corrected chi connectivity index (χ0v) is 12.8. The fraction of sp³-hybridized carbons (Fsp3) is 0.600. The maximum atomic E-state index is 13.8. The summed E-state index contributed by atoms with van der Waals surface area (Å²) in [5, 5.41) is 3.99. The molecule has 1 aromatic carbocycles. The molecule has 1 aliphatic rings. The van der Waals surface area contributed by atoms with Crippen LogP contribution in [0.4, 0.5) is 4.39 Å². The Balaban J connectivity index is 2.02. The summed E-state index contributed by atoms with van der Waals surface area (Å²) in [7, 11) is 0. The Hall–Kier alpha value is -0.680. The summed E-state index contributed by atoms with van der Waals surface area (Å²) in [6.07, 6.45) is 0. The van der Waals surface area contributed by atoms with E-state index in [4.69, 9.17) is 16.3 Å². The van der Waals surface area contributed by atoms with Gasteiger partial charge in [-0.2, -0.15) is 0 Å². The third kappa shape index (κ3) is 4.42. The van der Waals surface area contributed by atoms with Crippen LogP contribution >= 0.6 is 11.6 Å². The second kappa shape index (κ2) is 7.36. The van der Waals surface area contributed by atoms with Crippen molar-refractivity contribution in [2.45, 2.75) is 32.5 Å². The Labute approximate surface area is 125 Å². The molecule has 0 bridgehead atoms. The number of morpholine rings is 1. The van der Waals surface area contributed by atoms with Gasteiger partial charge in [0, 0.05) is 42.3 Å². The first kappa shape index (κ1) is 15.7. The smallest absolute Gasteiger partial charge is 0.127 e. The molecule has 0 spiro atoms. The van der Waals surface area contributed by atoms with E-state index in [0.717, 1.165) is 13.1 Å². The van der Waals surface area contributed by atoms with E-state index in [1.165, 1.54) is 6.07 Å². The number of nitrogens with zero attached hydrogens (tertiary/aromatic N) is 1. The van der Waals surface area contributed by atoms with Crippen LogP contribution in [-0.4, -0.2) is 43.3 Å². The highest BCUT2D eigenvalue weighted by Gasteiger charge is 2.23. The van der Waals surface area contributed by atoms with Crippen molar-refractivity contribution < 1.29 is 9.13 Å². The predicted octanol–water partition coefficient (Wildman–Crippen LogP) is 2.68. The number of benzene rings is 1. The van der Waals surface area contributed by atoms with Crippen molar-refractivity contribution in [3.8, 4) is 0 Å². The molecule has 1 saturated heterocycles. The van der Waals surface area contributed by atoms with Gasteiger partial charge in [-0.05, 0) is 18.2 Å². The number of halogens is 2. The minimum absolute atomic E-state index is 0.198. The molecule has 0 aromatic heterocycles. The molecule has 0 saturated carbocycles. The number of hydrogen-bond acceptors (Lipinski definition) is 3. The first-order valence-corrected chi connectivity index (χ1v) is 7.43. The molecule has 112 valence electrons. The van der Waals surface area contributed by atoms with Gasteiger partial charge < -0.3 is 10.1 Å². The van der Waals surface area contributed by atoms with E-state index in [0.29, 0.717) is 36.4 Å². The summed E-state index contributed by atoms with van der Waals surface area (Å²) in [4.78, 5) is 2.26. The van der Waals surface area contributed by atoms with Gasteiger partial charge in [-0.3, -0.25) is 4.90 Å². The van der Waals surface area contributed by atoms with Crippen LogP contribution in [0.1, 0.15) is 19.4 Å². The number of nitrogens with one attached hydrogen (secondary N) is 1. The quantitative estimate of drug-likeness (QED) is 0.905. The van der Waals surface area contributed by atoms with Gasteiger partial charge in [0.2, 0.25) is 0 Å². The molecule has 1 fully saturated rings. The highest BCUT2D eigenvalue weighted by Crippen LogP contribution is 2.19. The molecule has 1 aromatic rings. The van der Waals surface area contributed by atoms with Crippen LogP contribution in [0.15, 0.2) is 18.2 Å². The van der Waals surface area contributed by atoms with Crippen LogP contribution in [0.25, 0.3) is 0 Å². The van der Waals surface area contributed by atoms with Gasteiger partial charge in [0.15, 0.2) is 0 Å². The molecule has 2 rings (SSSR count). The van der Waals surface area contributed by atoms with Crippen molar-refractivity contribution in [1.29, 1.82) is 0 Å². The molecule has 5 heteroatoms. The van der Waals surface area contributed by atoms with E-state index >= 15 is 0 Å². The van der Waals surface area contributed by atoms with Crippen LogP contribution in [0.5, 0.6) is 0 Å². The molecule has 1 aliphatic heterocycles. The molecule has 1 heterocycles. The van der Waals surface area contributed by atoms with Crippen molar-refractivity contribution in [2.24, 2.45) is 0 Å². The Morgan fingerprint density at radius 1 is 1.50 bits per heavy atom. The van der Waals surface area contributed by atoms with E-state index in [1.54, 1.807) is 12.1 Å². The molecule has 1 atom stereocenters. The molecular weight excluding hydrogens is 279 g/mol. The molecule has 1 unspecified atom stereocenters. The van der Waals surface area contributed by atoms with Gasteiger partial charge in [-0.1, -0.05) is 25.4 Å². The second-order valence-corrected chi connectivity index (χ2v) is 5.93. The number of ether oxygens (including phenoxy) is 1. The maximum absolute atomic E-state index is 13.8. The van der Waals surface area contributed by atoms with Gasteiger partial charge in [0.1, 0.15) is 5.82 Å². The Bertz CT molecular complexity index is 442. The minimum atomic E-state index is -0.198. The first-order valence-electron chi connectivity index (χ1n) is 7.05. The molecule has 1 N–H and O–H groups in total. The monoisotopic (exact) mass is 300 g/mol. The molecule has 3 nitrogen and oxygen atoms in total. The van der Waals surface area contributed by atoms with Gasteiger partial charge in [0.25, 0.3) is 0 Å². The minimum Gasteiger partial charge on any atom is -0.378 e. The Kier molecular flexibility index (Phi) is 5.78. The maximum Gasteiger partial charge on any atom is 0.127 e. The largest absolute Gasteiger partial charge is 0.378 e. The van der Waals surface area contributed by atoms with E-state index in [-0.39, 0.29) is 11.9 Å². The predicted molar refractivity (Wildman–Crippen MR) is 79.6 cm³/mol. The zero-order chi connectivity index (χ0) is 14.5. The van der Waals surface area contributed by atoms with Crippen molar-refractivity contribution in [1.82, 2.24) is 10.2 Å². The van der Waals surface area contributed by atoms with Gasteiger partial charge in [0.05, 0.1) is 13.2 Å². The van der Waals surface area contributed by atoms with Crippen LogP contribution in [-0.2, 0) is 11.3 Å². The lowest BCUT2D eigenvalue weighted by Crippen LogP contribution is -2.50. The van der Waals surface area contributed by atoms with Crippen LogP contribution in [0.3, 0.4) is 0 Å². The average Bonchev–Trinajstić information content (AvgIpc) is 2.42. The van der Waals surface area contributed by atoms with Gasteiger partial charge in [-0.25, -0.2) is 4.39 Å². The van der Waals surface area contributed by atoms with E-state index < -0.39 is 0 Å². The number of rotatable bonds is 5. The lowest BCUT2D eigenvalue weighted by atomic mass is 10.1. The van der Waals surface area contributed by atoms with E-state index in [2.05, 4.69) is 24.1 Å². The molecule has 0 radical (unpaired) electrons. The summed E-state index contributed by atoms with van der Waals surface area (Å²) < 4.78 is 19.4. The van der Waals surface area contributed by atoms with Crippen LogP contribution < -0.4 is 5.32 Å². The highest BCUT2D eigenvalue weighted by atomic mass is 35.5. The second-order valence-electron chi connectivity index (χ2n) is 5.50. The Morgan fingerprint density at radius 3 is 3.05 bits per heavy atom. The summed E-state index contributed by atoms with van der Waals surface area (Å²) in [5.41, 5.74) is 0.647.